The van der Waals surface area contributed by atoms with E-state index in [-0.39, 0.29) is 6.54 Å². The van der Waals surface area contributed by atoms with E-state index < -0.39 is 10.9 Å². The maximum Gasteiger partial charge on any atom is 0.227 e. The first-order valence-corrected chi connectivity index (χ1v) is 12.2. The van der Waals surface area contributed by atoms with Crippen LogP contribution in [-0.4, -0.2) is 49.3 Å². The summed E-state index contributed by atoms with van der Waals surface area (Å²) < 4.78 is 31.4. The van der Waals surface area contributed by atoms with Gasteiger partial charge in [-0.25, -0.2) is 23.1 Å². The lowest BCUT2D eigenvalue weighted by atomic mass is 10.1. The van der Waals surface area contributed by atoms with Crippen LogP contribution in [0.25, 0.3) is 22.2 Å². The Bertz CT molecular complexity index is 1350. The molecule has 2 aromatic carbocycles. The molecule has 1 saturated heterocycles. The van der Waals surface area contributed by atoms with E-state index in [0.29, 0.717) is 5.95 Å². The molecule has 2 N–H and O–H groups in total. The molecule has 1 fully saturated rings. The molecule has 0 saturated carbocycles. The molecule has 0 atom stereocenters. The van der Waals surface area contributed by atoms with Crippen molar-refractivity contribution >= 4 is 39.2 Å². The topological polar surface area (TPSA) is 101 Å². The van der Waals surface area contributed by atoms with Gasteiger partial charge in [-0.3, -0.25) is 0 Å². The van der Waals surface area contributed by atoms with E-state index in [4.69, 9.17) is 9.72 Å². The minimum Gasteiger partial charge on any atom is -0.378 e. The van der Waals surface area contributed by atoms with Gasteiger partial charge in [-0.05, 0) is 35.4 Å². The second kappa shape index (κ2) is 9.80. The number of nitrogens with one attached hydrogen (secondary N) is 2. The molecule has 10 heteroatoms. The summed E-state index contributed by atoms with van der Waals surface area (Å²) in [6.45, 7) is 3.59. The number of benzene rings is 2. The van der Waals surface area contributed by atoms with E-state index >= 15 is 0 Å². The van der Waals surface area contributed by atoms with Crippen LogP contribution < -0.4 is 14.9 Å². The van der Waals surface area contributed by atoms with Crippen molar-refractivity contribution in [2.24, 2.45) is 7.05 Å². The first-order valence-electron chi connectivity index (χ1n) is 11.1. The monoisotopic (exact) mass is 478 g/mol. The molecule has 3 heterocycles. The van der Waals surface area contributed by atoms with Crippen molar-refractivity contribution in [1.82, 2.24) is 19.3 Å². The zero-order chi connectivity index (χ0) is 23.5. The van der Waals surface area contributed by atoms with Gasteiger partial charge in [0.2, 0.25) is 16.8 Å². The maximum atomic E-state index is 10.8. The molecular formula is C24H26N6O3S. The molecule has 0 aliphatic carbocycles. The Morgan fingerprint density at radius 2 is 1.76 bits per heavy atom. The van der Waals surface area contributed by atoms with Gasteiger partial charge in [-0.1, -0.05) is 24.3 Å². The normalized spacial score (nSPS) is 14.1. The second-order valence-corrected chi connectivity index (χ2v) is 8.97. The second-order valence-electron chi connectivity index (χ2n) is 8.14. The van der Waals surface area contributed by atoms with Crippen molar-refractivity contribution in [1.29, 1.82) is 0 Å². The Hall–Kier alpha value is -3.47. The van der Waals surface area contributed by atoms with Crippen LogP contribution in [-0.2, 0) is 29.2 Å². The van der Waals surface area contributed by atoms with Gasteiger partial charge in [0.05, 0.1) is 24.9 Å². The van der Waals surface area contributed by atoms with Crippen LogP contribution in [0.4, 0.5) is 17.3 Å². The zero-order valence-electron chi connectivity index (χ0n) is 18.8. The van der Waals surface area contributed by atoms with Crippen molar-refractivity contribution in [2.75, 3.05) is 36.5 Å². The highest BCUT2D eigenvalue weighted by atomic mass is 32.2. The van der Waals surface area contributed by atoms with E-state index in [0.717, 1.165) is 59.7 Å². The molecule has 1 aliphatic heterocycles. The fourth-order valence-electron chi connectivity index (χ4n) is 4.09. The molecule has 176 valence electrons. The Kier molecular flexibility index (Phi) is 6.43. The summed E-state index contributed by atoms with van der Waals surface area (Å²) in [5, 5.41) is 3.31. The molecule has 0 unspecified atom stereocenters. The summed E-state index contributed by atoms with van der Waals surface area (Å²) in [7, 11) is -0.643. The van der Waals surface area contributed by atoms with E-state index in [9.17, 15) is 8.42 Å². The zero-order valence-corrected chi connectivity index (χ0v) is 19.7. The van der Waals surface area contributed by atoms with Gasteiger partial charge in [0.25, 0.3) is 0 Å². The summed E-state index contributed by atoms with van der Waals surface area (Å²) in [6.07, 6.45) is 3.85. The van der Waals surface area contributed by atoms with Gasteiger partial charge in [-0.2, -0.15) is 0 Å². The molecule has 1 aliphatic rings. The van der Waals surface area contributed by atoms with Gasteiger partial charge < -0.3 is 19.5 Å². The lowest BCUT2D eigenvalue weighted by Gasteiger charge is -2.28. The van der Waals surface area contributed by atoms with Crippen molar-refractivity contribution < 1.29 is 13.2 Å². The molecule has 0 bridgehead atoms. The van der Waals surface area contributed by atoms with Crippen LogP contribution in [0.2, 0.25) is 0 Å². The minimum atomic E-state index is -2.61. The molecule has 5 rings (SSSR count). The summed E-state index contributed by atoms with van der Waals surface area (Å²) in [6, 6.07) is 16.0. The van der Waals surface area contributed by atoms with Crippen LogP contribution in [0.3, 0.4) is 0 Å². The molecule has 34 heavy (non-hydrogen) atoms. The molecule has 0 spiro atoms. The number of hydrogen-bond donors (Lipinski definition) is 3. The van der Waals surface area contributed by atoms with E-state index in [2.05, 4.69) is 32.1 Å². The smallest absolute Gasteiger partial charge is 0.227 e. The van der Waals surface area contributed by atoms with E-state index in [1.807, 2.05) is 60.4 Å². The Morgan fingerprint density at radius 3 is 2.47 bits per heavy atom. The number of nitrogens with zero attached hydrogens (tertiary/aromatic N) is 4. The van der Waals surface area contributed by atoms with Gasteiger partial charge in [0, 0.05) is 49.8 Å². The van der Waals surface area contributed by atoms with Crippen molar-refractivity contribution in [3.8, 4) is 11.1 Å². The Labute approximate surface area is 199 Å². The Balaban J connectivity index is 1.37. The van der Waals surface area contributed by atoms with Crippen molar-refractivity contribution in [2.45, 2.75) is 6.54 Å². The van der Waals surface area contributed by atoms with Crippen LogP contribution >= 0.6 is 0 Å². The summed E-state index contributed by atoms with van der Waals surface area (Å²) in [5.74, 6) is 0.527. The average Bonchev–Trinajstić information content (AvgIpc) is 3.20. The number of anilines is 3. The van der Waals surface area contributed by atoms with Gasteiger partial charge in [0.1, 0.15) is 5.52 Å². The first kappa shape index (κ1) is 22.3. The van der Waals surface area contributed by atoms with Crippen LogP contribution in [0.1, 0.15) is 5.56 Å². The number of morpholine rings is 1. The third-order valence-corrected chi connectivity index (χ3v) is 6.32. The quantitative estimate of drug-likeness (QED) is 0.351. The Morgan fingerprint density at radius 1 is 1.03 bits per heavy atom. The molecule has 0 amide bonds. The van der Waals surface area contributed by atoms with Crippen LogP contribution in [0.15, 0.2) is 60.9 Å². The largest absolute Gasteiger partial charge is 0.378 e. The fourth-order valence-corrected chi connectivity index (χ4v) is 4.40. The summed E-state index contributed by atoms with van der Waals surface area (Å²) in [4.78, 5) is 11.6. The third-order valence-electron chi connectivity index (χ3n) is 5.90. The lowest BCUT2D eigenvalue weighted by Crippen LogP contribution is -2.36. The number of fused-ring (bicyclic) bond motifs is 1. The summed E-state index contributed by atoms with van der Waals surface area (Å²) in [5.41, 5.74) is 6.75. The first-order chi connectivity index (χ1) is 16.6. The predicted molar refractivity (Wildman–Crippen MR) is 134 cm³/mol. The lowest BCUT2D eigenvalue weighted by molar-refractivity contribution is 0.122. The molecule has 4 aromatic rings. The molecular weight excluding hydrogens is 452 g/mol. The molecule has 9 nitrogen and oxygen atoms in total. The van der Waals surface area contributed by atoms with Gasteiger partial charge in [-0.15, -0.1) is 0 Å². The van der Waals surface area contributed by atoms with Gasteiger partial charge >= 0.3 is 0 Å². The number of rotatable bonds is 7. The van der Waals surface area contributed by atoms with Gasteiger partial charge in [0.15, 0.2) is 0 Å². The standard InChI is InChI=1S/C24H26N6O3S/c1-29-16-21(18-4-2-17(3-5-18)14-26-34(31)32)23-22(29)15-25-24(28-23)27-19-6-8-20(9-7-19)30-10-12-33-13-11-30/h2-9,15-16,34H,10-14H2,1H3,(H,25,27,28)(H,26,31,32). The fraction of sp³-hybridized carbons (Fsp3) is 0.250. The van der Waals surface area contributed by atoms with E-state index in [1.54, 1.807) is 0 Å². The highest BCUT2D eigenvalue weighted by molar-refractivity contribution is 7.70. The maximum absolute atomic E-state index is 10.8. The third kappa shape index (κ3) is 4.89. The number of ether oxygens (including phenoxy) is 1. The van der Waals surface area contributed by atoms with Crippen molar-refractivity contribution in [3.05, 3.63) is 66.5 Å². The highest BCUT2D eigenvalue weighted by Gasteiger charge is 2.13. The number of aryl methyl sites for hydroxylation is 1. The van der Waals surface area contributed by atoms with Crippen LogP contribution in [0.5, 0.6) is 0 Å². The minimum absolute atomic E-state index is 0.273. The number of thiol groups is 1. The summed E-state index contributed by atoms with van der Waals surface area (Å²) >= 11 is 0. The number of hydrogen-bond acceptors (Lipinski definition) is 7. The van der Waals surface area contributed by atoms with Crippen molar-refractivity contribution in [3.63, 3.8) is 0 Å². The van der Waals surface area contributed by atoms with Crippen LogP contribution in [0, 0.1) is 0 Å². The highest BCUT2D eigenvalue weighted by Crippen LogP contribution is 2.30. The van der Waals surface area contributed by atoms with E-state index in [1.165, 1.54) is 5.69 Å². The number of aromatic nitrogens is 3. The average molecular weight is 479 g/mol. The molecule has 2 aromatic heterocycles. The predicted octanol–water partition coefficient (Wildman–Crippen LogP) is 2.83. The molecule has 0 radical (unpaired) electrons. The SMILES string of the molecule is Cn1cc(-c2ccc(CN[SH](=O)=O)cc2)c2nc(Nc3ccc(N4CCOCC4)cc3)ncc21.